The second kappa shape index (κ2) is 6.34. The summed E-state index contributed by atoms with van der Waals surface area (Å²) in [5.41, 5.74) is -0.0607. The van der Waals surface area contributed by atoms with Crippen molar-refractivity contribution in [3.05, 3.63) is 29.8 Å². The van der Waals surface area contributed by atoms with Gasteiger partial charge in [0.25, 0.3) is 0 Å². The number of hydrogen-bond acceptors (Lipinski definition) is 4. The van der Waals surface area contributed by atoms with Crippen LogP contribution in [-0.2, 0) is 9.53 Å². The number of phenols is 1. The molecule has 4 heteroatoms. The zero-order chi connectivity index (χ0) is 17.3. The van der Waals surface area contributed by atoms with Crippen molar-refractivity contribution in [2.45, 2.75) is 47.0 Å². The van der Waals surface area contributed by atoms with Crippen LogP contribution in [0.3, 0.4) is 0 Å². The van der Waals surface area contributed by atoms with E-state index >= 15 is 0 Å². The first-order chi connectivity index (χ1) is 10.7. The van der Waals surface area contributed by atoms with E-state index in [0.717, 1.165) is 19.3 Å². The van der Waals surface area contributed by atoms with E-state index in [1.54, 1.807) is 0 Å². The Morgan fingerprint density at radius 1 is 1.22 bits per heavy atom. The second-order valence-corrected chi connectivity index (χ2v) is 7.62. The zero-order valence-corrected chi connectivity index (χ0v) is 14.4. The fraction of sp³-hybridized carbons (Fsp3) is 0.579. The molecule has 1 saturated carbocycles. The van der Waals surface area contributed by atoms with E-state index in [-0.39, 0.29) is 29.5 Å². The van der Waals surface area contributed by atoms with Gasteiger partial charge in [-0.1, -0.05) is 27.7 Å². The highest BCUT2D eigenvalue weighted by atomic mass is 16.5. The molecule has 0 heterocycles. The van der Waals surface area contributed by atoms with Crippen LogP contribution in [0.25, 0.3) is 0 Å². The molecule has 4 nitrogen and oxygen atoms in total. The Balaban J connectivity index is 1.95. The lowest BCUT2D eigenvalue weighted by atomic mass is 9.88. The van der Waals surface area contributed by atoms with E-state index < -0.39 is 5.41 Å². The minimum atomic E-state index is -0.438. The van der Waals surface area contributed by atoms with Gasteiger partial charge >= 0.3 is 5.97 Å². The monoisotopic (exact) mass is 318 g/mol. The molecule has 0 spiro atoms. The van der Waals surface area contributed by atoms with Crippen LogP contribution >= 0.6 is 0 Å². The quantitative estimate of drug-likeness (QED) is 0.610. The first kappa shape index (κ1) is 17.5. The maximum atomic E-state index is 12.5. The largest absolute Gasteiger partial charge is 0.508 e. The normalized spacial score (nSPS) is 22.0. The number of aromatic hydroxyl groups is 1. The summed E-state index contributed by atoms with van der Waals surface area (Å²) in [6.07, 6.45) is 2.60. The van der Waals surface area contributed by atoms with E-state index in [1.807, 2.05) is 0 Å². The topological polar surface area (TPSA) is 63.6 Å². The van der Waals surface area contributed by atoms with Crippen LogP contribution in [0.4, 0.5) is 0 Å². The summed E-state index contributed by atoms with van der Waals surface area (Å²) in [7, 11) is 0. The molecule has 1 aliphatic carbocycles. The van der Waals surface area contributed by atoms with Crippen LogP contribution in [0.5, 0.6) is 5.75 Å². The number of benzene rings is 1. The van der Waals surface area contributed by atoms with Crippen molar-refractivity contribution < 1.29 is 19.4 Å². The third-order valence-electron chi connectivity index (χ3n) is 4.98. The van der Waals surface area contributed by atoms with Crippen molar-refractivity contribution >= 4 is 11.8 Å². The van der Waals surface area contributed by atoms with Crippen molar-refractivity contribution in [2.24, 2.45) is 16.7 Å². The first-order valence-corrected chi connectivity index (χ1v) is 8.17. The van der Waals surface area contributed by atoms with Crippen LogP contribution in [0, 0.1) is 16.7 Å². The molecule has 0 amide bonds. The van der Waals surface area contributed by atoms with Crippen LogP contribution in [-0.4, -0.2) is 23.5 Å². The Morgan fingerprint density at radius 2 is 1.78 bits per heavy atom. The molecule has 1 aromatic rings. The highest BCUT2D eigenvalue weighted by Crippen LogP contribution is 2.66. The lowest BCUT2D eigenvalue weighted by Gasteiger charge is -2.20. The SMILES string of the molecule is CC(C)CCC1(C(=O)OCC(=O)c2ccc(O)cc2)CC1(C)C. The van der Waals surface area contributed by atoms with Crippen molar-refractivity contribution in [3.63, 3.8) is 0 Å². The average Bonchev–Trinajstić information content (AvgIpc) is 3.06. The summed E-state index contributed by atoms with van der Waals surface area (Å²) in [5.74, 6) is 0.131. The van der Waals surface area contributed by atoms with Gasteiger partial charge in [-0.3, -0.25) is 9.59 Å². The molecule has 1 N–H and O–H groups in total. The number of rotatable bonds is 7. The molecule has 0 aromatic heterocycles. The minimum absolute atomic E-state index is 0.0550. The third-order valence-corrected chi connectivity index (χ3v) is 4.98. The summed E-state index contributed by atoms with van der Waals surface area (Å²) in [6.45, 7) is 8.20. The Labute approximate surface area is 137 Å². The molecule has 2 rings (SSSR count). The lowest BCUT2D eigenvalue weighted by Crippen LogP contribution is -2.27. The number of ether oxygens (including phenoxy) is 1. The molecule has 1 aromatic carbocycles. The maximum Gasteiger partial charge on any atom is 0.313 e. The zero-order valence-electron chi connectivity index (χ0n) is 14.4. The van der Waals surface area contributed by atoms with Gasteiger partial charge in [0.2, 0.25) is 0 Å². The van der Waals surface area contributed by atoms with Crippen LogP contribution < -0.4 is 0 Å². The number of Topliss-reactive ketones (excluding diaryl/α,β-unsaturated/α-hetero) is 1. The van der Waals surface area contributed by atoms with E-state index in [4.69, 9.17) is 4.74 Å². The third kappa shape index (κ3) is 3.74. The van der Waals surface area contributed by atoms with E-state index in [2.05, 4.69) is 27.7 Å². The molecule has 0 radical (unpaired) electrons. The summed E-state index contributed by atoms with van der Waals surface area (Å²) in [4.78, 5) is 24.6. The minimum Gasteiger partial charge on any atom is -0.508 e. The second-order valence-electron chi connectivity index (χ2n) is 7.62. The summed E-state index contributed by atoms with van der Waals surface area (Å²) >= 11 is 0. The summed E-state index contributed by atoms with van der Waals surface area (Å²) in [5, 5.41) is 9.24. The first-order valence-electron chi connectivity index (χ1n) is 8.17. The Bertz CT molecular complexity index is 586. The van der Waals surface area contributed by atoms with Gasteiger partial charge in [0.05, 0.1) is 5.41 Å². The van der Waals surface area contributed by atoms with Crippen LogP contribution in [0.2, 0.25) is 0 Å². The fourth-order valence-electron chi connectivity index (χ4n) is 3.12. The number of ketones is 1. The van der Waals surface area contributed by atoms with Gasteiger partial charge in [0.1, 0.15) is 5.75 Å². The molecule has 0 aliphatic heterocycles. The maximum absolute atomic E-state index is 12.5. The molecular weight excluding hydrogens is 292 g/mol. The number of carbonyl (C=O) groups is 2. The van der Waals surface area contributed by atoms with Crippen molar-refractivity contribution in [3.8, 4) is 5.75 Å². The molecular formula is C19H26O4. The predicted octanol–water partition coefficient (Wildman–Crippen LogP) is 3.97. The molecule has 23 heavy (non-hydrogen) atoms. The molecule has 1 fully saturated rings. The number of esters is 1. The van der Waals surface area contributed by atoms with Crippen LogP contribution in [0.1, 0.15) is 57.3 Å². The lowest BCUT2D eigenvalue weighted by molar-refractivity contribution is -0.151. The van der Waals surface area contributed by atoms with Gasteiger partial charge in [-0.2, -0.15) is 0 Å². The van der Waals surface area contributed by atoms with Crippen molar-refractivity contribution in [2.75, 3.05) is 6.61 Å². The molecule has 0 saturated heterocycles. The molecule has 1 unspecified atom stereocenters. The van der Waals surface area contributed by atoms with Gasteiger partial charge in [-0.15, -0.1) is 0 Å². The van der Waals surface area contributed by atoms with Gasteiger partial charge in [0, 0.05) is 5.56 Å². The molecule has 1 atom stereocenters. The Morgan fingerprint density at radius 3 is 2.26 bits per heavy atom. The molecule has 0 bridgehead atoms. The van der Waals surface area contributed by atoms with E-state index in [1.165, 1.54) is 24.3 Å². The van der Waals surface area contributed by atoms with Gasteiger partial charge in [-0.25, -0.2) is 0 Å². The number of hydrogen-bond donors (Lipinski definition) is 1. The number of carbonyl (C=O) groups excluding carboxylic acids is 2. The molecule has 126 valence electrons. The summed E-state index contributed by atoms with van der Waals surface area (Å²) < 4.78 is 5.33. The van der Waals surface area contributed by atoms with Gasteiger partial charge in [0.15, 0.2) is 12.4 Å². The van der Waals surface area contributed by atoms with Crippen molar-refractivity contribution in [1.82, 2.24) is 0 Å². The number of phenolic OH excluding ortho intramolecular Hbond substituents is 1. The van der Waals surface area contributed by atoms with Gasteiger partial charge in [-0.05, 0) is 54.9 Å². The van der Waals surface area contributed by atoms with Crippen molar-refractivity contribution in [1.29, 1.82) is 0 Å². The highest BCUT2D eigenvalue weighted by molar-refractivity contribution is 5.98. The predicted molar refractivity (Wildman–Crippen MR) is 88.3 cm³/mol. The smallest absolute Gasteiger partial charge is 0.313 e. The van der Waals surface area contributed by atoms with E-state index in [9.17, 15) is 14.7 Å². The standard InChI is InChI=1S/C19H26O4/c1-13(2)9-10-19(12-18(19,3)4)17(22)23-11-16(21)14-5-7-15(20)8-6-14/h5-8,13,20H,9-12H2,1-4H3. The summed E-state index contributed by atoms with van der Waals surface area (Å²) in [6, 6.07) is 5.95. The van der Waals surface area contributed by atoms with E-state index in [0.29, 0.717) is 11.5 Å². The average molecular weight is 318 g/mol. The fourth-order valence-corrected chi connectivity index (χ4v) is 3.12. The highest BCUT2D eigenvalue weighted by Gasteiger charge is 2.66. The Hall–Kier alpha value is -1.84. The molecule has 1 aliphatic rings. The Kier molecular flexibility index (Phi) is 4.83. The van der Waals surface area contributed by atoms with Gasteiger partial charge < -0.3 is 9.84 Å². The van der Waals surface area contributed by atoms with Crippen LogP contribution in [0.15, 0.2) is 24.3 Å².